The van der Waals surface area contributed by atoms with E-state index in [1.807, 2.05) is 0 Å². The van der Waals surface area contributed by atoms with E-state index in [0.717, 1.165) is 37.0 Å². The fourth-order valence-corrected chi connectivity index (χ4v) is 2.42. The second-order valence-corrected chi connectivity index (χ2v) is 6.77. The van der Waals surface area contributed by atoms with Crippen LogP contribution in [-0.4, -0.2) is 39.8 Å². The fraction of sp³-hybridized carbons (Fsp3) is 0.500. The molecule has 0 aromatic carbocycles. The average molecular weight is 298 g/mol. The molecule has 0 spiro atoms. The van der Waals surface area contributed by atoms with E-state index in [-0.39, 0.29) is 5.41 Å². The highest BCUT2D eigenvalue weighted by molar-refractivity contribution is 5.42. The summed E-state index contributed by atoms with van der Waals surface area (Å²) in [5.41, 5.74) is 1.07. The van der Waals surface area contributed by atoms with Gasteiger partial charge in [-0.1, -0.05) is 20.8 Å². The Balaban J connectivity index is 1.49. The van der Waals surface area contributed by atoms with Gasteiger partial charge in [0.1, 0.15) is 5.82 Å². The van der Waals surface area contributed by atoms with Crippen LogP contribution in [0.15, 0.2) is 30.7 Å². The van der Waals surface area contributed by atoms with Gasteiger partial charge in [0, 0.05) is 43.4 Å². The molecule has 1 fully saturated rings. The summed E-state index contributed by atoms with van der Waals surface area (Å²) in [6, 6.07) is 4.15. The molecule has 2 aromatic heterocycles. The van der Waals surface area contributed by atoms with Crippen molar-refractivity contribution in [2.24, 2.45) is 5.92 Å². The number of rotatable bonds is 4. The SMILES string of the molecule is CC(C)(C)c1ccc(N2CC(CNc3cnccn3)C2)nn1. The Morgan fingerprint density at radius 2 is 2.00 bits per heavy atom. The van der Waals surface area contributed by atoms with Crippen molar-refractivity contribution in [2.45, 2.75) is 26.2 Å². The number of nitrogens with one attached hydrogen (secondary N) is 1. The second kappa shape index (κ2) is 5.87. The molecular formula is C16H22N6. The lowest BCUT2D eigenvalue weighted by Gasteiger charge is -2.40. The number of hydrogen-bond acceptors (Lipinski definition) is 6. The Morgan fingerprint density at radius 3 is 2.59 bits per heavy atom. The van der Waals surface area contributed by atoms with Crippen LogP contribution in [-0.2, 0) is 5.41 Å². The predicted octanol–water partition coefficient (Wildman–Crippen LogP) is 2.11. The maximum atomic E-state index is 4.35. The first-order chi connectivity index (χ1) is 10.5. The molecule has 3 heterocycles. The number of nitrogens with zero attached hydrogens (tertiary/aromatic N) is 5. The molecule has 116 valence electrons. The standard InChI is InChI=1S/C16H22N6/c1-16(2,3)13-4-5-15(21-20-13)22-10-12(11-22)8-19-14-9-17-6-7-18-14/h4-7,9,12H,8,10-11H2,1-3H3,(H,18,19). The Morgan fingerprint density at radius 1 is 1.18 bits per heavy atom. The van der Waals surface area contributed by atoms with Crippen LogP contribution in [0.25, 0.3) is 0 Å². The Bertz CT molecular complexity index is 599. The molecule has 0 unspecified atom stereocenters. The van der Waals surface area contributed by atoms with Crippen molar-refractivity contribution in [2.75, 3.05) is 29.9 Å². The quantitative estimate of drug-likeness (QED) is 0.932. The summed E-state index contributed by atoms with van der Waals surface area (Å²) in [6.07, 6.45) is 5.12. The first-order valence-electron chi connectivity index (χ1n) is 7.61. The van der Waals surface area contributed by atoms with E-state index >= 15 is 0 Å². The zero-order valence-corrected chi connectivity index (χ0v) is 13.3. The molecule has 0 saturated carbocycles. The van der Waals surface area contributed by atoms with Crippen LogP contribution < -0.4 is 10.2 Å². The smallest absolute Gasteiger partial charge is 0.151 e. The highest BCUT2D eigenvalue weighted by Gasteiger charge is 2.28. The average Bonchev–Trinajstić information content (AvgIpc) is 2.46. The van der Waals surface area contributed by atoms with E-state index in [1.165, 1.54) is 0 Å². The summed E-state index contributed by atoms with van der Waals surface area (Å²) in [7, 11) is 0. The van der Waals surface area contributed by atoms with Gasteiger partial charge in [-0.2, -0.15) is 5.10 Å². The summed E-state index contributed by atoms with van der Waals surface area (Å²) in [6.45, 7) is 9.34. The number of hydrogen-bond donors (Lipinski definition) is 1. The van der Waals surface area contributed by atoms with Gasteiger partial charge in [0.15, 0.2) is 5.82 Å². The van der Waals surface area contributed by atoms with Crippen LogP contribution in [0.2, 0.25) is 0 Å². The fourth-order valence-electron chi connectivity index (χ4n) is 2.42. The maximum Gasteiger partial charge on any atom is 0.151 e. The Kier molecular flexibility index (Phi) is 3.92. The molecule has 1 aliphatic rings. The minimum Gasteiger partial charge on any atom is -0.368 e. The molecule has 1 N–H and O–H groups in total. The number of aromatic nitrogens is 4. The molecule has 0 amide bonds. The van der Waals surface area contributed by atoms with Crippen molar-refractivity contribution < 1.29 is 0 Å². The van der Waals surface area contributed by atoms with Gasteiger partial charge >= 0.3 is 0 Å². The maximum absolute atomic E-state index is 4.35. The molecule has 0 bridgehead atoms. The summed E-state index contributed by atoms with van der Waals surface area (Å²) >= 11 is 0. The van der Waals surface area contributed by atoms with Gasteiger partial charge in [-0.15, -0.1) is 5.10 Å². The molecule has 3 rings (SSSR count). The van der Waals surface area contributed by atoms with Gasteiger partial charge in [-0.05, 0) is 12.1 Å². The first-order valence-corrected chi connectivity index (χ1v) is 7.61. The zero-order valence-electron chi connectivity index (χ0n) is 13.3. The van der Waals surface area contributed by atoms with E-state index < -0.39 is 0 Å². The first kappa shape index (κ1) is 14.7. The summed E-state index contributed by atoms with van der Waals surface area (Å²) in [4.78, 5) is 10.5. The molecule has 0 radical (unpaired) electrons. The molecule has 0 atom stereocenters. The van der Waals surface area contributed by atoms with E-state index in [4.69, 9.17) is 0 Å². The van der Waals surface area contributed by atoms with Crippen LogP contribution >= 0.6 is 0 Å². The molecule has 1 saturated heterocycles. The number of anilines is 2. The molecular weight excluding hydrogens is 276 g/mol. The highest BCUT2D eigenvalue weighted by Crippen LogP contribution is 2.25. The van der Waals surface area contributed by atoms with Gasteiger partial charge in [0.05, 0.1) is 11.9 Å². The van der Waals surface area contributed by atoms with E-state index in [2.05, 4.69) is 63.3 Å². The zero-order chi connectivity index (χ0) is 15.6. The lowest BCUT2D eigenvalue weighted by atomic mass is 9.92. The van der Waals surface area contributed by atoms with Crippen molar-refractivity contribution in [3.05, 3.63) is 36.4 Å². The minimum atomic E-state index is 0.0453. The molecule has 0 aliphatic carbocycles. The molecule has 6 heteroatoms. The van der Waals surface area contributed by atoms with E-state index in [9.17, 15) is 0 Å². The van der Waals surface area contributed by atoms with Gasteiger partial charge < -0.3 is 10.2 Å². The molecule has 1 aliphatic heterocycles. The van der Waals surface area contributed by atoms with Crippen molar-refractivity contribution >= 4 is 11.6 Å². The van der Waals surface area contributed by atoms with Crippen LogP contribution in [0.4, 0.5) is 11.6 Å². The van der Waals surface area contributed by atoms with Gasteiger partial charge in [-0.3, -0.25) is 4.98 Å². The lowest BCUT2D eigenvalue weighted by Crippen LogP contribution is -2.50. The van der Waals surface area contributed by atoms with E-state index in [1.54, 1.807) is 18.6 Å². The monoisotopic (exact) mass is 298 g/mol. The normalized spacial score (nSPS) is 15.5. The summed E-state index contributed by atoms with van der Waals surface area (Å²) < 4.78 is 0. The van der Waals surface area contributed by atoms with Gasteiger partial charge in [0.25, 0.3) is 0 Å². The van der Waals surface area contributed by atoms with Gasteiger partial charge in [0.2, 0.25) is 0 Å². The Hall–Kier alpha value is -2.24. The summed E-state index contributed by atoms with van der Waals surface area (Å²) in [5.74, 6) is 2.39. The van der Waals surface area contributed by atoms with Crippen LogP contribution in [0.3, 0.4) is 0 Å². The predicted molar refractivity (Wildman–Crippen MR) is 87.0 cm³/mol. The van der Waals surface area contributed by atoms with Gasteiger partial charge in [-0.25, -0.2) is 4.98 Å². The lowest BCUT2D eigenvalue weighted by molar-refractivity contribution is 0.424. The highest BCUT2D eigenvalue weighted by atomic mass is 15.3. The third-order valence-corrected chi connectivity index (χ3v) is 3.84. The summed E-state index contributed by atoms with van der Waals surface area (Å²) in [5, 5.41) is 12.0. The Labute approximate surface area is 131 Å². The van der Waals surface area contributed by atoms with Crippen molar-refractivity contribution in [1.82, 2.24) is 20.2 Å². The van der Waals surface area contributed by atoms with Crippen LogP contribution in [0.1, 0.15) is 26.5 Å². The minimum absolute atomic E-state index is 0.0453. The molecule has 22 heavy (non-hydrogen) atoms. The van der Waals surface area contributed by atoms with Crippen molar-refractivity contribution in [3.8, 4) is 0 Å². The molecule has 2 aromatic rings. The van der Waals surface area contributed by atoms with Crippen molar-refractivity contribution in [1.29, 1.82) is 0 Å². The second-order valence-electron chi connectivity index (χ2n) is 6.77. The van der Waals surface area contributed by atoms with Crippen LogP contribution in [0, 0.1) is 5.92 Å². The third kappa shape index (κ3) is 3.32. The van der Waals surface area contributed by atoms with E-state index in [0.29, 0.717) is 5.92 Å². The van der Waals surface area contributed by atoms with Crippen LogP contribution in [0.5, 0.6) is 0 Å². The topological polar surface area (TPSA) is 66.8 Å². The molecule has 6 nitrogen and oxygen atoms in total. The largest absolute Gasteiger partial charge is 0.368 e. The third-order valence-electron chi connectivity index (χ3n) is 3.84. The van der Waals surface area contributed by atoms with Crippen molar-refractivity contribution in [3.63, 3.8) is 0 Å².